The Morgan fingerprint density at radius 3 is 2.53 bits per heavy atom. The van der Waals surface area contributed by atoms with Gasteiger partial charge in [-0.2, -0.15) is 0 Å². The summed E-state index contributed by atoms with van der Waals surface area (Å²) >= 11 is 5.97. The number of hydrogen-bond acceptors (Lipinski definition) is 5. The molecule has 0 amide bonds. The molecule has 2 aromatic rings. The van der Waals surface area contributed by atoms with Crippen molar-refractivity contribution < 1.29 is 31.8 Å². The van der Waals surface area contributed by atoms with Crippen molar-refractivity contribution in [3.05, 3.63) is 58.6 Å². The first-order valence-electron chi connectivity index (χ1n) is 10.7. The van der Waals surface area contributed by atoms with Crippen LogP contribution < -0.4 is 4.74 Å². The molecule has 2 aromatic carbocycles. The van der Waals surface area contributed by atoms with Crippen LogP contribution in [-0.4, -0.2) is 32.5 Å². The predicted octanol–water partition coefficient (Wildman–Crippen LogP) is 4.45. The van der Waals surface area contributed by atoms with Gasteiger partial charge < -0.3 is 14.6 Å². The van der Waals surface area contributed by atoms with Crippen LogP contribution in [0.2, 0.25) is 5.02 Å². The molecule has 32 heavy (non-hydrogen) atoms. The van der Waals surface area contributed by atoms with Crippen molar-refractivity contribution in [2.24, 2.45) is 17.8 Å². The quantitative estimate of drug-likeness (QED) is 0.697. The first-order valence-corrected chi connectivity index (χ1v) is 12.5. The Kier molecular flexibility index (Phi) is 5.28. The van der Waals surface area contributed by atoms with Crippen molar-refractivity contribution in [2.45, 2.75) is 48.2 Å². The summed E-state index contributed by atoms with van der Waals surface area (Å²) in [5.41, 5.74) is -0.265. The molecule has 5 nitrogen and oxygen atoms in total. The number of aliphatic hydroxyl groups is 1. The summed E-state index contributed by atoms with van der Waals surface area (Å²) in [7, 11) is -4.22. The van der Waals surface area contributed by atoms with Crippen LogP contribution in [0, 0.1) is 29.4 Å². The van der Waals surface area contributed by atoms with Gasteiger partial charge in [0, 0.05) is 22.8 Å². The average molecular weight is 485 g/mol. The third-order valence-corrected chi connectivity index (χ3v) is 10.2. The number of halogens is 3. The zero-order valence-electron chi connectivity index (χ0n) is 17.3. The Morgan fingerprint density at radius 2 is 1.84 bits per heavy atom. The van der Waals surface area contributed by atoms with Crippen molar-refractivity contribution in [2.75, 3.05) is 6.61 Å². The van der Waals surface area contributed by atoms with E-state index < -0.39 is 38.4 Å². The summed E-state index contributed by atoms with van der Waals surface area (Å²) in [5.74, 6) is -3.44. The maximum atomic E-state index is 15.4. The van der Waals surface area contributed by atoms with Crippen LogP contribution in [-0.2, 0) is 19.3 Å². The Hall–Kier alpha value is -1.74. The highest BCUT2D eigenvalue weighted by atomic mass is 35.5. The molecule has 2 fully saturated rings. The highest BCUT2D eigenvalue weighted by Gasteiger charge is 2.66. The third-order valence-electron chi connectivity index (χ3n) is 7.43. The molecule has 9 heteroatoms. The molecule has 0 bridgehead atoms. The van der Waals surface area contributed by atoms with Crippen molar-refractivity contribution in [1.29, 1.82) is 0 Å². The second-order valence-corrected chi connectivity index (χ2v) is 11.4. The SMILES string of the molecule is CC[C@H]1C(O)O[C@H]2CC[C@@]3(S(=O)(=O)c4ccc(Cl)cc4)c4c(F)ccc(F)c4OC[C@H]3[C@H]21. The summed E-state index contributed by atoms with van der Waals surface area (Å²) < 4.78 is 68.3. The molecule has 0 radical (unpaired) electrons. The van der Waals surface area contributed by atoms with Crippen LogP contribution in [0.3, 0.4) is 0 Å². The molecule has 0 spiro atoms. The summed E-state index contributed by atoms with van der Waals surface area (Å²) in [6, 6.07) is 7.59. The van der Waals surface area contributed by atoms with E-state index in [1.54, 1.807) is 0 Å². The monoisotopic (exact) mass is 484 g/mol. The van der Waals surface area contributed by atoms with Crippen molar-refractivity contribution in [1.82, 2.24) is 0 Å². The lowest BCUT2D eigenvalue weighted by Gasteiger charge is -2.51. The largest absolute Gasteiger partial charge is 0.490 e. The van der Waals surface area contributed by atoms with Gasteiger partial charge in [0.1, 0.15) is 10.6 Å². The van der Waals surface area contributed by atoms with E-state index in [2.05, 4.69) is 0 Å². The van der Waals surface area contributed by atoms with E-state index in [-0.39, 0.29) is 53.6 Å². The zero-order chi connectivity index (χ0) is 22.8. The molecule has 2 heterocycles. The van der Waals surface area contributed by atoms with Crippen molar-refractivity contribution >= 4 is 21.4 Å². The Morgan fingerprint density at radius 1 is 1.16 bits per heavy atom. The molecule has 1 unspecified atom stereocenters. The van der Waals surface area contributed by atoms with Crippen LogP contribution >= 0.6 is 11.6 Å². The van der Waals surface area contributed by atoms with Gasteiger partial charge in [0.2, 0.25) is 0 Å². The minimum atomic E-state index is -4.22. The minimum absolute atomic E-state index is 0.0175. The fraction of sp³-hybridized carbons (Fsp3) is 0.478. The smallest absolute Gasteiger partial charge is 0.188 e. The van der Waals surface area contributed by atoms with Gasteiger partial charge in [-0.15, -0.1) is 0 Å². The van der Waals surface area contributed by atoms with Gasteiger partial charge in [-0.3, -0.25) is 0 Å². The minimum Gasteiger partial charge on any atom is -0.490 e. The second-order valence-electron chi connectivity index (χ2n) is 8.75. The zero-order valence-corrected chi connectivity index (χ0v) is 18.9. The highest BCUT2D eigenvalue weighted by molar-refractivity contribution is 7.92. The fourth-order valence-electron chi connectivity index (χ4n) is 6.07. The number of rotatable bonds is 3. The summed E-state index contributed by atoms with van der Waals surface area (Å²) in [4.78, 5) is -0.0191. The number of hydrogen-bond donors (Lipinski definition) is 1. The number of sulfone groups is 1. The Labute approximate surface area is 190 Å². The number of fused-ring (bicyclic) bond motifs is 5. The molecule has 0 aromatic heterocycles. The van der Waals surface area contributed by atoms with Crippen molar-refractivity contribution in [3.63, 3.8) is 0 Å². The Bertz CT molecular complexity index is 1160. The van der Waals surface area contributed by atoms with Gasteiger partial charge in [-0.25, -0.2) is 17.2 Å². The summed E-state index contributed by atoms with van der Waals surface area (Å²) in [6.45, 7) is 1.77. The van der Waals surface area contributed by atoms with Crippen LogP contribution in [0.4, 0.5) is 8.78 Å². The topological polar surface area (TPSA) is 72.8 Å². The standard InChI is InChI=1S/C23H23ClF2O5S/c1-2-14-19-15-11-30-21-17(26)8-7-16(25)20(21)23(15,10-9-18(19)31-22(14)27)32(28,29)13-5-3-12(24)4-6-13/h3-8,14-15,18-19,22,27H,2,9-11H2,1H3/t14-,15+,18+,19-,22?,23+/m1/s1. The van der Waals surface area contributed by atoms with E-state index in [0.29, 0.717) is 11.4 Å². The molecule has 1 N–H and O–H groups in total. The van der Waals surface area contributed by atoms with E-state index in [0.717, 1.165) is 12.1 Å². The molecule has 1 saturated heterocycles. The molecule has 1 saturated carbocycles. The average Bonchev–Trinajstić information content (AvgIpc) is 3.11. The van der Waals surface area contributed by atoms with Crippen molar-refractivity contribution in [3.8, 4) is 5.75 Å². The fourth-order valence-corrected chi connectivity index (χ4v) is 8.58. The first-order chi connectivity index (χ1) is 15.2. The van der Waals surface area contributed by atoms with Crippen LogP contribution in [0.15, 0.2) is 41.3 Å². The van der Waals surface area contributed by atoms with E-state index in [4.69, 9.17) is 21.1 Å². The highest BCUT2D eigenvalue weighted by Crippen LogP contribution is 2.61. The van der Waals surface area contributed by atoms with E-state index >= 15 is 4.39 Å². The van der Waals surface area contributed by atoms with Crippen LogP contribution in [0.5, 0.6) is 5.75 Å². The number of aliphatic hydroxyl groups excluding tert-OH is 1. The van der Waals surface area contributed by atoms with Gasteiger partial charge in [0.25, 0.3) is 0 Å². The van der Waals surface area contributed by atoms with E-state index in [9.17, 15) is 17.9 Å². The Balaban J connectivity index is 1.79. The van der Waals surface area contributed by atoms with Gasteiger partial charge in [0.15, 0.2) is 27.7 Å². The lowest BCUT2D eigenvalue weighted by atomic mass is 9.63. The van der Waals surface area contributed by atoms with Gasteiger partial charge in [0.05, 0.1) is 23.2 Å². The van der Waals surface area contributed by atoms with Gasteiger partial charge in [-0.05, 0) is 55.7 Å². The third kappa shape index (κ3) is 2.89. The maximum absolute atomic E-state index is 15.4. The summed E-state index contributed by atoms with van der Waals surface area (Å²) in [5, 5.41) is 10.8. The number of benzene rings is 2. The maximum Gasteiger partial charge on any atom is 0.188 e. The lowest BCUT2D eigenvalue weighted by molar-refractivity contribution is -0.113. The van der Waals surface area contributed by atoms with E-state index in [1.165, 1.54) is 24.3 Å². The van der Waals surface area contributed by atoms with Crippen LogP contribution in [0.1, 0.15) is 31.7 Å². The van der Waals surface area contributed by atoms with Crippen LogP contribution in [0.25, 0.3) is 0 Å². The molecule has 1 aliphatic carbocycles. The first kappa shape index (κ1) is 22.1. The van der Waals surface area contributed by atoms with E-state index in [1.807, 2.05) is 6.92 Å². The molecule has 3 aliphatic rings. The predicted molar refractivity (Wildman–Crippen MR) is 113 cm³/mol. The van der Waals surface area contributed by atoms with Gasteiger partial charge >= 0.3 is 0 Å². The molecule has 172 valence electrons. The molecule has 6 atom stereocenters. The van der Waals surface area contributed by atoms with Gasteiger partial charge in [-0.1, -0.05) is 18.5 Å². The lowest BCUT2D eigenvalue weighted by Crippen LogP contribution is -2.57. The number of ether oxygens (including phenoxy) is 2. The molecule has 2 aliphatic heterocycles. The molecular formula is C23H23ClF2O5S. The molecule has 5 rings (SSSR count). The normalized spacial score (nSPS) is 33.7. The molecular weight excluding hydrogens is 462 g/mol. The second kappa shape index (κ2) is 7.65. The summed E-state index contributed by atoms with van der Waals surface area (Å²) in [6.07, 6.45) is -0.562.